The van der Waals surface area contributed by atoms with Crippen molar-refractivity contribution in [3.05, 3.63) is 65.9 Å². The molecule has 0 fully saturated rings. The number of nitrogens with zero attached hydrogens (tertiary/aromatic N) is 2. The Balaban J connectivity index is 1.90. The summed E-state index contributed by atoms with van der Waals surface area (Å²) in [7, 11) is 0. The number of hydrogen-bond donors (Lipinski definition) is 3. The van der Waals surface area contributed by atoms with E-state index in [1.165, 1.54) is 12.4 Å². The maximum Gasteiger partial charge on any atom is 0.276 e. The molecule has 0 aliphatic rings. The Bertz CT molecular complexity index is 1070. The molecule has 7 nitrogen and oxygen atoms in total. The van der Waals surface area contributed by atoms with E-state index in [-0.39, 0.29) is 11.4 Å². The zero-order valence-electron chi connectivity index (χ0n) is 16.4. The van der Waals surface area contributed by atoms with E-state index >= 15 is 0 Å². The highest BCUT2D eigenvalue weighted by Gasteiger charge is 2.22. The maximum absolute atomic E-state index is 14.4. The first-order valence-electron chi connectivity index (χ1n) is 9.41. The molecule has 31 heavy (non-hydrogen) atoms. The number of carbonyl (C=O) groups is 1. The number of anilines is 2. The number of benzene rings is 1. The molecule has 10 heteroatoms. The fraction of sp³-hybridized carbons (Fsp3) is 0.190. The van der Waals surface area contributed by atoms with E-state index in [1.807, 2.05) is 0 Å². The second-order valence-electron chi connectivity index (χ2n) is 6.52. The van der Waals surface area contributed by atoms with Crippen LogP contribution >= 0.6 is 0 Å². The van der Waals surface area contributed by atoms with Gasteiger partial charge in [-0.15, -0.1) is 0 Å². The average molecular weight is 431 g/mol. The summed E-state index contributed by atoms with van der Waals surface area (Å²) in [6, 6.07) is 5.39. The molecule has 162 valence electrons. The molecule has 0 saturated carbocycles. The Morgan fingerprint density at radius 2 is 1.84 bits per heavy atom. The SMILES string of the molecule is NCCCCOc1ccncc1NC(=O)c1nc(-c2c(F)cccc2F)c(F)cc1N. The Morgan fingerprint density at radius 1 is 1.10 bits per heavy atom. The minimum Gasteiger partial charge on any atom is -0.491 e. The number of halogens is 3. The Kier molecular flexibility index (Phi) is 7.03. The number of pyridine rings is 2. The number of nitrogens with one attached hydrogen (secondary N) is 1. The fourth-order valence-electron chi connectivity index (χ4n) is 2.80. The second-order valence-corrected chi connectivity index (χ2v) is 6.52. The minimum atomic E-state index is -1.07. The molecule has 2 aromatic heterocycles. The number of carbonyl (C=O) groups excluding carboxylic acids is 1. The van der Waals surface area contributed by atoms with E-state index in [1.54, 1.807) is 6.07 Å². The Hall–Kier alpha value is -3.66. The van der Waals surface area contributed by atoms with Crippen LogP contribution in [-0.2, 0) is 0 Å². The number of rotatable bonds is 8. The van der Waals surface area contributed by atoms with Gasteiger partial charge in [0.25, 0.3) is 5.91 Å². The third-order valence-electron chi connectivity index (χ3n) is 4.31. The maximum atomic E-state index is 14.4. The lowest BCUT2D eigenvalue weighted by molar-refractivity contribution is 0.102. The predicted octanol–water partition coefficient (Wildman–Crippen LogP) is 3.51. The molecule has 0 spiro atoms. The Labute approximate surface area is 176 Å². The molecular weight excluding hydrogens is 411 g/mol. The first-order valence-corrected chi connectivity index (χ1v) is 9.41. The highest BCUT2D eigenvalue weighted by Crippen LogP contribution is 2.30. The van der Waals surface area contributed by atoms with Crippen molar-refractivity contribution in [2.75, 3.05) is 24.2 Å². The van der Waals surface area contributed by atoms with Crippen LogP contribution in [0.25, 0.3) is 11.3 Å². The van der Waals surface area contributed by atoms with E-state index in [9.17, 15) is 18.0 Å². The lowest BCUT2D eigenvalue weighted by atomic mass is 10.1. The van der Waals surface area contributed by atoms with Crippen molar-refractivity contribution < 1.29 is 22.7 Å². The van der Waals surface area contributed by atoms with Gasteiger partial charge >= 0.3 is 0 Å². The topological polar surface area (TPSA) is 116 Å². The quantitative estimate of drug-likeness (QED) is 0.470. The number of amides is 1. The molecule has 0 aliphatic heterocycles. The molecule has 5 N–H and O–H groups in total. The van der Waals surface area contributed by atoms with Crippen LogP contribution in [0.1, 0.15) is 23.3 Å². The third-order valence-corrected chi connectivity index (χ3v) is 4.31. The monoisotopic (exact) mass is 431 g/mol. The van der Waals surface area contributed by atoms with Crippen molar-refractivity contribution in [3.63, 3.8) is 0 Å². The number of nitrogens with two attached hydrogens (primary N) is 2. The predicted molar refractivity (Wildman–Crippen MR) is 110 cm³/mol. The van der Waals surface area contributed by atoms with E-state index < -0.39 is 40.3 Å². The van der Waals surface area contributed by atoms with Crippen LogP contribution in [0.5, 0.6) is 5.75 Å². The molecule has 0 bridgehead atoms. The number of nitrogen functional groups attached to an aromatic ring is 1. The van der Waals surface area contributed by atoms with Crippen molar-refractivity contribution in [1.82, 2.24) is 9.97 Å². The summed E-state index contributed by atoms with van der Waals surface area (Å²) in [6.45, 7) is 0.904. The van der Waals surface area contributed by atoms with Gasteiger partial charge in [-0.25, -0.2) is 18.2 Å². The largest absolute Gasteiger partial charge is 0.491 e. The highest BCUT2D eigenvalue weighted by atomic mass is 19.1. The van der Waals surface area contributed by atoms with E-state index in [4.69, 9.17) is 16.2 Å². The average Bonchev–Trinajstić information content (AvgIpc) is 2.73. The summed E-state index contributed by atoms with van der Waals surface area (Å²) in [5.74, 6) is -3.59. The molecule has 3 rings (SSSR count). The molecule has 0 radical (unpaired) electrons. The van der Waals surface area contributed by atoms with E-state index in [0.717, 1.165) is 37.1 Å². The van der Waals surface area contributed by atoms with Crippen LogP contribution in [0, 0.1) is 17.5 Å². The summed E-state index contributed by atoms with van der Waals surface area (Å²) in [6.07, 6.45) is 4.33. The number of hydrogen-bond acceptors (Lipinski definition) is 6. The normalized spacial score (nSPS) is 10.7. The van der Waals surface area contributed by atoms with Gasteiger partial charge in [0.1, 0.15) is 28.8 Å². The highest BCUT2D eigenvalue weighted by molar-refractivity contribution is 6.07. The molecular formula is C21H20F3N5O2. The summed E-state index contributed by atoms with van der Waals surface area (Å²) in [5, 5.41) is 2.53. The van der Waals surface area contributed by atoms with E-state index in [0.29, 0.717) is 18.9 Å². The van der Waals surface area contributed by atoms with E-state index in [2.05, 4.69) is 15.3 Å². The molecule has 0 aliphatic carbocycles. The molecule has 3 aromatic rings. The van der Waals surface area contributed by atoms with Gasteiger partial charge in [0, 0.05) is 18.3 Å². The van der Waals surface area contributed by atoms with Gasteiger partial charge in [-0.05, 0) is 31.5 Å². The lowest BCUT2D eigenvalue weighted by Crippen LogP contribution is -2.18. The molecule has 1 aromatic carbocycles. The van der Waals surface area contributed by atoms with Gasteiger partial charge in [-0.2, -0.15) is 0 Å². The first-order chi connectivity index (χ1) is 14.9. The summed E-state index contributed by atoms with van der Waals surface area (Å²) in [4.78, 5) is 20.5. The van der Waals surface area contributed by atoms with Gasteiger partial charge in [0.05, 0.1) is 24.1 Å². The van der Waals surface area contributed by atoms with Crippen LogP contribution in [0.2, 0.25) is 0 Å². The smallest absolute Gasteiger partial charge is 0.276 e. The van der Waals surface area contributed by atoms with Crippen LogP contribution in [-0.4, -0.2) is 29.0 Å². The summed E-state index contributed by atoms with van der Waals surface area (Å²) < 4.78 is 48.2. The summed E-state index contributed by atoms with van der Waals surface area (Å²) in [5.41, 5.74) is 9.35. The minimum absolute atomic E-state index is 0.226. The zero-order chi connectivity index (χ0) is 22.4. The van der Waals surface area contributed by atoms with Gasteiger partial charge in [0.2, 0.25) is 0 Å². The zero-order valence-corrected chi connectivity index (χ0v) is 16.4. The Morgan fingerprint density at radius 3 is 2.55 bits per heavy atom. The van der Waals surface area contributed by atoms with Crippen molar-refractivity contribution >= 4 is 17.3 Å². The standard InChI is InChI=1S/C21H20F3N5O2/c22-12-4-3-5-13(23)18(12)19-14(24)10-15(26)20(29-19)21(30)28-16-11-27-8-6-17(16)31-9-2-1-7-25/h3-6,8,10-11H,1-2,7,9,25-26H2,(H,28,30). The molecule has 1 amide bonds. The van der Waals surface area contributed by atoms with Crippen LogP contribution in [0.3, 0.4) is 0 Å². The van der Waals surface area contributed by atoms with Crippen molar-refractivity contribution in [3.8, 4) is 17.0 Å². The van der Waals surface area contributed by atoms with Gasteiger partial charge in [-0.3, -0.25) is 9.78 Å². The fourth-order valence-corrected chi connectivity index (χ4v) is 2.80. The van der Waals surface area contributed by atoms with Gasteiger partial charge in [-0.1, -0.05) is 6.07 Å². The number of unbranched alkanes of at least 4 members (excludes halogenated alkanes) is 1. The molecule has 2 heterocycles. The second kappa shape index (κ2) is 9.90. The van der Waals surface area contributed by atoms with Crippen molar-refractivity contribution in [2.45, 2.75) is 12.8 Å². The number of aromatic nitrogens is 2. The van der Waals surface area contributed by atoms with Gasteiger partial charge in [0.15, 0.2) is 11.5 Å². The first kappa shape index (κ1) is 22.0. The molecule has 0 saturated heterocycles. The van der Waals surface area contributed by atoms with Crippen molar-refractivity contribution in [1.29, 1.82) is 0 Å². The van der Waals surface area contributed by atoms with Crippen LogP contribution in [0.15, 0.2) is 42.7 Å². The van der Waals surface area contributed by atoms with Crippen LogP contribution in [0.4, 0.5) is 24.5 Å². The van der Waals surface area contributed by atoms with Crippen LogP contribution < -0.4 is 21.5 Å². The lowest BCUT2D eigenvalue weighted by Gasteiger charge is -2.13. The van der Waals surface area contributed by atoms with Crippen molar-refractivity contribution in [2.24, 2.45) is 5.73 Å². The number of ether oxygens (including phenoxy) is 1. The third kappa shape index (κ3) is 5.10. The van der Waals surface area contributed by atoms with Gasteiger partial charge < -0.3 is 21.5 Å². The summed E-state index contributed by atoms with van der Waals surface area (Å²) >= 11 is 0. The molecule has 0 unspecified atom stereocenters. The molecule has 0 atom stereocenters.